The van der Waals surface area contributed by atoms with Crippen LogP contribution in [0.25, 0.3) is 16.6 Å². The lowest BCUT2D eigenvalue weighted by molar-refractivity contribution is 0.613. The third-order valence-electron chi connectivity index (χ3n) is 5.25. The van der Waals surface area contributed by atoms with E-state index in [9.17, 15) is 14.4 Å². The van der Waals surface area contributed by atoms with Crippen LogP contribution in [-0.2, 0) is 0 Å². The Kier molecular flexibility index (Phi) is 6.35. The number of nitrogens with two attached hydrogens (primary N) is 3. The molecule has 1 atom stereocenters. The lowest BCUT2D eigenvalue weighted by Crippen LogP contribution is -2.29. The van der Waals surface area contributed by atoms with Crippen molar-refractivity contribution in [3.8, 4) is 11.8 Å². The van der Waals surface area contributed by atoms with Gasteiger partial charge in [-0.15, -0.1) is 0 Å². The fraction of sp³-hybridized carbons (Fsp3) is 0.182. The average Bonchev–Trinajstić information content (AvgIpc) is 2.81. The largest absolute Gasteiger partial charge is 0.384 e. The molecule has 0 saturated heterocycles. The van der Waals surface area contributed by atoms with E-state index in [4.69, 9.17) is 28.8 Å². The van der Waals surface area contributed by atoms with Gasteiger partial charge in [0.05, 0.1) is 33.9 Å². The Balaban J connectivity index is 2.01. The van der Waals surface area contributed by atoms with Crippen molar-refractivity contribution in [2.45, 2.75) is 25.8 Å². The zero-order valence-electron chi connectivity index (χ0n) is 18.5. The number of halogens is 2. The molecule has 11 nitrogen and oxygen atoms in total. The average molecular weight is 495 g/mol. The van der Waals surface area contributed by atoms with Crippen LogP contribution in [0.5, 0.6) is 0 Å². The van der Waals surface area contributed by atoms with Gasteiger partial charge in [0, 0.05) is 0 Å². The molecular weight excluding hydrogens is 475 g/mol. The molecule has 0 amide bonds. The third kappa shape index (κ3) is 4.36. The molecule has 4 aromatic rings. The topological polar surface area (TPSA) is 187 Å². The van der Waals surface area contributed by atoms with Crippen LogP contribution in [0.3, 0.4) is 0 Å². The monoisotopic (exact) mass is 494 g/mol. The second kappa shape index (κ2) is 9.40. The first-order valence-electron chi connectivity index (χ1n) is 10.5. The maximum atomic E-state index is 14.2. The van der Waals surface area contributed by atoms with E-state index in [1.807, 2.05) is 13.0 Å². The lowest BCUT2D eigenvalue weighted by atomic mass is 10.1. The van der Waals surface area contributed by atoms with Crippen molar-refractivity contribution < 1.29 is 4.39 Å². The molecule has 0 aliphatic rings. The molecule has 13 heteroatoms. The molecule has 1 unspecified atom stereocenters. The van der Waals surface area contributed by atoms with E-state index < -0.39 is 17.4 Å². The Morgan fingerprint density at radius 2 is 1.97 bits per heavy atom. The number of aromatic nitrogens is 5. The van der Waals surface area contributed by atoms with Gasteiger partial charge in [-0.05, 0) is 30.7 Å². The molecule has 7 N–H and O–H groups in total. The molecule has 0 bridgehead atoms. The maximum Gasteiger partial charge on any atom is 0.267 e. The van der Waals surface area contributed by atoms with Gasteiger partial charge in [-0.3, -0.25) is 9.36 Å². The molecule has 1 aromatic carbocycles. The Hall–Kier alpha value is -4.50. The van der Waals surface area contributed by atoms with Crippen molar-refractivity contribution in [2.75, 3.05) is 22.5 Å². The number of hydrogen-bond donors (Lipinski definition) is 4. The molecule has 3 aromatic heterocycles. The fourth-order valence-electron chi connectivity index (χ4n) is 3.67. The molecule has 0 radical (unpaired) electrons. The van der Waals surface area contributed by atoms with E-state index in [0.29, 0.717) is 18.5 Å². The fourth-order valence-corrected chi connectivity index (χ4v) is 3.91. The van der Waals surface area contributed by atoms with Crippen LogP contribution in [0.1, 0.15) is 37.2 Å². The standard InChI is InChI=1S/C22H20ClFN10O/c1-2-3-14(30-19-11(8-25)18(27)32-22(28)33-19)20-31-13-6-5-12(24)17(23)16(13)21(35)34(20)10-4-7-15(26)29-9-10/h4-7,9,14H,2-3H2,1H3,(H2,26,29)(H5,27,28,30,32,33). The van der Waals surface area contributed by atoms with Crippen molar-refractivity contribution in [1.82, 2.24) is 24.5 Å². The predicted molar refractivity (Wildman–Crippen MR) is 131 cm³/mol. The van der Waals surface area contributed by atoms with Gasteiger partial charge >= 0.3 is 0 Å². The smallest absolute Gasteiger partial charge is 0.267 e. The highest BCUT2D eigenvalue weighted by Gasteiger charge is 2.25. The van der Waals surface area contributed by atoms with Crippen LogP contribution in [0.4, 0.5) is 27.8 Å². The maximum absolute atomic E-state index is 14.2. The highest BCUT2D eigenvalue weighted by molar-refractivity contribution is 6.35. The van der Waals surface area contributed by atoms with Crippen LogP contribution >= 0.6 is 11.6 Å². The van der Waals surface area contributed by atoms with Gasteiger partial charge in [-0.25, -0.2) is 14.4 Å². The van der Waals surface area contributed by atoms with E-state index in [1.54, 1.807) is 6.07 Å². The second-order valence-electron chi connectivity index (χ2n) is 7.60. The number of rotatable bonds is 6. The Morgan fingerprint density at radius 1 is 1.20 bits per heavy atom. The van der Waals surface area contributed by atoms with E-state index in [-0.39, 0.29) is 50.7 Å². The SMILES string of the molecule is CCCC(Nc1nc(N)nc(N)c1C#N)c1nc2ccc(F)c(Cl)c2c(=O)n1-c1ccc(N)nc1. The van der Waals surface area contributed by atoms with Crippen molar-refractivity contribution in [3.63, 3.8) is 0 Å². The summed E-state index contributed by atoms with van der Waals surface area (Å²) >= 11 is 6.15. The Morgan fingerprint density at radius 3 is 2.63 bits per heavy atom. The number of benzene rings is 1. The van der Waals surface area contributed by atoms with E-state index in [0.717, 1.165) is 6.07 Å². The van der Waals surface area contributed by atoms with Gasteiger partial charge in [0.2, 0.25) is 5.95 Å². The van der Waals surface area contributed by atoms with Crippen molar-refractivity contribution in [1.29, 1.82) is 5.26 Å². The number of pyridine rings is 1. The number of anilines is 4. The lowest BCUT2D eigenvalue weighted by Gasteiger charge is -2.23. The number of nitrogens with one attached hydrogen (secondary N) is 1. The normalized spacial score (nSPS) is 11.8. The molecule has 0 saturated carbocycles. The number of fused-ring (bicyclic) bond motifs is 1. The van der Waals surface area contributed by atoms with Crippen LogP contribution in [0.2, 0.25) is 5.02 Å². The minimum atomic E-state index is -0.748. The van der Waals surface area contributed by atoms with Gasteiger partial charge in [0.15, 0.2) is 5.82 Å². The summed E-state index contributed by atoms with van der Waals surface area (Å²) < 4.78 is 15.5. The second-order valence-corrected chi connectivity index (χ2v) is 7.97. The quantitative estimate of drug-likeness (QED) is 0.310. The molecule has 3 heterocycles. The summed E-state index contributed by atoms with van der Waals surface area (Å²) in [6, 6.07) is 6.91. The van der Waals surface area contributed by atoms with Gasteiger partial charge in [-0.1, -0.05) is 24.9 Å². The molecular formula is C22H20ClFN10O. The first-order valence-corrected chi connectivity index (χ1v) is 10.8. The van der Waals surface area contributed by atoms with Crippen molar-refractivity contribution in [3.05, 3.63) is 63.0 Å². The molecule has 0 aliphatic carbocycles. The zero-order chi connectivity index (χ0) is 25.3. The number of nitrogens with zero attached hydrogens (tertiary/aromatic N) is 6. The number of nitriles is 1. The summed E-state index contributed by atoms with van der Waals surface area (Å²) in [5.74, 6) is -0.390. The van der Waals surface area contributed by atoms with Crippen LogP contribution in [-0.4, -0.2) is 24.5 Å². The summed E-state index contributed by atoms with van der Waals surface area (Å²) in [6.07, 6.45) is 2.52. The van der Waals surface area contributed by atoms with E-state index >= 15 is 0 Å². The highest BCUT2D eigenvalue weighted by atomic mass is 35.5. The molecule has 0 spiro atoms. The third-order valence-corrected chi connectivity index (χ3v) is 5.62. The molecule has 4 rings (SSSR count). The summed E-state index contributed by atoms with van der Waals surface area (Å²) in [7, 11) is 0. The number of nitrogen functional groups attached to an aromatic ring is 3. The minimum Gasteiger partial charge on any atom is -0.384 e. The van der Waals surface area contributed by atoms with Crippen molar-refractivity contribution >= 4 is 45.9 Å². The van der Waals surface area contributed by atoms with Gasteiger partial charge in [-0.2, -0.15) is 15.2 Å². The molecule has 0 aliphatic heterocycles. The highest BCUT2D eigenvalue weighted by Crippen LogP contribution is 2.30. The van der Waals surface area contributed by atoms with Gasteiger partial charge in [0.25, 0.3) is 5.56 Å². The van der Waals surface area contributed by atoms with E-state index in [1.165, 1.54) is 22.9 Å². The molecule has 35 heavy (non-hydrogen) atoms. The van der Waals surface area contributed by atoms with Gasteiger partial charge in [0.1, 0.15) is 34.9 Å². The Labute approximate surface area is 203 Å². The first kappa shape index (κ1) is 23.7. The van der Waals surface area contributed by atoms with Crippen LogP contribution in [0.15, 0.2) is 35.3 Å². The summed E-state index contributed by atoms with van der Waals surface area (Å²) in [6.45, 7) is 1.93. The molecule has 178 valence electrons. The summed E-state index contributed by atoms with van der Waals surface area (Å²) in [5.41, 5.74) is 17.2. The summed E-state index contributed by atoms with van der Waals surface area (Å²) in [5, 5.41) is 12.3. The number of hydrogen-bond acceptors (Lipinski definition) is 10. The van der Waals surface area contributed by atoms with E-state index in [2.05, 4.69) is 25.3 Å². The van der Waals surface area contributed by atoms with Crippen LogP contribution < -0.4 is 28.1 Å². The zero-order valence-corrected chi connectivity index (χ0v) is 19.2. The minimum absolute atomic E-state index is 0.00532. The first-order chi connectivity index (χ1) is 16.7. The van der Waals surface area contributed by atoms with Crippen molar-refractivity contribution in [2.24, 2.45) is 0 Å². The van der Waals surface area contributed by atoms with Gasteiger partial charge < -0.3 is 22.5 Å². The molecule has 0 fully saturated rings. The Bertz CT molecular complexity index is 1530. The summed E-state index contributed by atoms with van der Waals surface area (Å²) in [4.78, 5) is 30.3. The van der Waals surface area contributed by atoms with Crippen LogP contribution in [0, 0.1) is 17.1 Å². The predicted octanol–water partition coefficient (Wildman–Crippen LogP) is 2.93.